The van der Waals surface area contributed by atoms with Crippen LogP contribution in [0.25, 0.3) is 0 Å². The van der Waals surface area contributed by atoms with Crippen LogP contribution in [0.5, 0.6) is 11.5 Å². The van der Waals surface area contributed by atoms with Crippen molar-refractivity contribution in [3.05, 3.63) is 84.7 Å². The number of halogens is 4. The molecule has 0 atom stereocenters. The lowest BCUT2D eigenvalue weighted by molar-refractivity contribution is -0.386. The number of methoxy groups -OCH3 is 2. The highest BCUT2D eigenvalue weighted by Crippen LogP contribution is 2.35. The Balaban J connectivity index is 1.60. The van der Waals surface area contributed by atoms with E-state index in [2.05, 4.69) is 10.8 Å². The van der Waals surface area contributed by atoms with Crippen LogP contribution < -0.4 is 20.3 Å². The minimum atomic E-state index is -1.38. The van der Waals surface area contributed by atoms with Crippen LogP contribution in [0.1, 0.15) is 15.9 Å². The van der Waals surface area contributed by atoms with Crippen LogP contribution in [0.15, 0.2) is 42.5 Å². The Morgan fingerprint density at radius 3 is 2.37 bits per heavy atom. The zero-order valence-corrected chi connectivity index (χ0v) is 22.1. The smallest absolute Gasteiger partial charge is 0.278 e. The van der Waals surface area contributed by atoms with Crippen molar-refractivity contribution in [2.45, 2.75) is 6.61 Å². The fourth-order valence-electron chi connectivity index (χ4n) is 3.24. The van der Waals surface area contributed by atoms with Crippen molar-refractivity contribution in [1.29, 1.82) is 0 Å². The Bertz CT molecular complexity index is 1340. The first-order valence-electron chi connectivity index (χ1n) is 10.8. The monoisotopic (exact) mass is 647 g/mol. The molecule has 0 fully saturated rings. The van der Waals surface area contributed by atoms with Gasteiger partial charge in [0.1, 0.15) is 5.82 Å². The molecule has 0 saturated heterocycles. The van der Waals surface area contributed by atoms with E-state index in [1.165, 1.54) is 38.5 Å². The van der Waals surface area contributed by atoms with Gasteiger partial charge in [0.05, 0.1) is 67.5 Å². The third-order valence-corrected chi connectivity index (χ3v) is 5.73. The van der Waals surface area contributed by atoms with Crippen molar-refractivity contribution in [3.8, 4) is 11.5 Å². The highest BCUT2D eigenvalue weighted by molar-refractivity contribution is 14.1. The number of carbonyl (C=O) groups is 1. The van der Waals surface area contributed by atoms with E-state index in [1.54, 1.807) is 6.07 Å². The van der Waals surface area contributed by atoms with Gasteiger partial charge < -0.3 is 19.5 Å². The second-order valence-electron chi connectivity index (χ2n) is 7.46. The molecular formula is C24H21F3IN3O7. The molecule has 0 aliphatic rings. The molecule has 0 aromatic heterocycles. The van der Waals surface area contributed by atoms with Gasteiger partial charge in [-0.3, -0.25) is 19.7 Å². The van der Waals surface area contributed by atoms with Crippen LogP contribution in [0.2, 0.25) is 0 Å². The molecule has 38 heavy (non-hydrogen) atoms. The minimum Gasteiger partial charge on any atom is -0.493 e. The van der Waals surface area contributed by atoms with Gasteiger partial charge in [-0.2, -0.15) is 0 Å². The summed E-state index contributed by atoms with van der Waals surface area (Å²) in [6.45, 7) is -0.458. The summed E-state index contributed by atoms with van der Waals surface area (Å²) in [5.41, 5.74) is 0.964. The van der Waals surface area contributed by atoms with E-state index in [-0.39, 0.29) is 53.8 Å². The van der Waals surface area contributed by atoms with E-state index in [0.717, 1.165) is 12.1 Å². The van der Waals surface area contributed by atoms with Gasteiger partial charge in [-0.25, -0.2) is 18.7 Å². The van der Waals surface area contributed by atoms with Crippen molar-refractivity contribution in [1.82, 2.24) is 5.48 Å². The number of nitro benzene ring substituents is 1. The summed E-state index contributed by atoms with van der Waals surface area (Å²) in [5.74, 6) is -3.82. The molecule has 3 aromatic carbocycles. The van der Waals surface area contributed by atoms with E-state index in [9.17, 15) is 28.1 Å². The number of nitro groups is 1. The van der Waals surface area contributed by atoms with E-state index >= 15 is 0 Å². The molecule has 3 rings (SSSR count). The Morgan fingerprint density at radius 1 is 1.00 bits per heavy atom. The van der Waals surface area contributed by atoms with Crippen LogP contribution in [-0.2, 0) is 16.2 Å². The average molecular weight is 647 g/mol. The summed E-state index contributed by atoms with van der Waals surface area (Å²) in [4.78, 5) is 28.4. The Labute approximate surface area is 228 Å². The predicted molar refractivity (Wildman–Crippen MR) is 138 cm³/mol. The number of hydrogen-bond donors (Lipinski definition) is 2. The maximum atomic E-state index is 14.5. The largest absolute Gasteiger partial charge is 0.493 e. The summed E-state index contributed by atoms with van der Waals surface area (Å²) in [6.07, 6.45) is 0. The molecule has 1 amide bonds. The Morgan fingerprint density at radius 2 is 1.71 bits per heavy atom. The second kappa shape index (κ2) is 13.3. The van der Waals surface area contributed by atoms with Gasteiger partial charge in [0.2, 0.25) is 0 Å². The molecule has 0 unspecified atom stereocenters. The zero-order chi connectivity index (χ0) is 27.8. The van der Waals surface area contributed by atoms with Gasteiger partial charge in [0.25, 0.3) is 11.6 Å². The van der Waals surface area contributed by atoms with Crippen molar-refractivity contribution < 1.29 is 41.9 Å². The molecule has 0 radical (unpaired) electrons. The number of nitrogens with zero attached hydrogens (tertiary/aromatic N) is 1. The number of nitrogens with one attached hydrogen (secondary N) is 2. The van der Waals surface area contributed by atoms with Gasteiger partial charge in [0, 0.05) is 3.57 Å². The van der Waals surface area contributed by atoms with Crippen molar-refractivity contribution in [2.24, 2.45) is 0 Å². The minimum absolute atomic E-state index is 0.0947. The Hall–Kier alpha value is -3.63. The summed E-state index contributed by atoms with van der Waals surface area (Å²) in [6, 6.07) is 8.43. The molecule has 0 bridgehead atoms. The van der Waals surface area contributed by atoms with E-state index in [4.69, 9.17) is 19.0 Å². The number of ether oxygens (including phenoxy) is 3. The number of amides is 1. The molecule has 0 saturated carbocycles. The van der Waals surface area contributed by atoms with Gasteiger partial charge in [0.15, 0.2) is 23.1 Å². The summed E-state index contributed by atoms with van der Waals surface area (Å²) in [7, 11) is 2.74. The van der Waals surface area contributed by atoms with E-state index in [1.807, 2.05) is 22.6 Å². The fraction of sp³-hybridized carbons (Fsp3) is 0.208. The molecule has 0 aliphatic carbocycles. The third kappa shape index (κ3) is 7.02. The topological polar surface area (TPSA) is 121 Å². The zero-order valence-electron chi connectivity index (χ0n) is 20.0. The van der Waals surface area contributed by atoms with Crippen LogP contribution in [0, 0.1) is 31.1 Å². The van der Waals surface area contributed by atoms with Gasteiger partial charge in [-0.05, 0) is 59.0 Å². The lowest BCUT2D eigenvalue weighted by atomic mass is 10.1. The van der Waals surface area contributed by atoms with Crippen molar-refractivity contribution in [3.63, 3.8) is 0 Å². The quantitative estimate of drug-likeness (QED) is 0.118. The summed E-state index contributed by atoms with van der Waals surface area (Å²) >= 11 is 1.89. The van der Waals surface area contributed by atoms with Crippen LogP contribution in [0.4, 0.5) is 30.2 Å². The van der Waals surface area contributed by atoms with Gasteiger partial charge >= 0.3 is 0 Å². The highest BCUT2D eigenvalue weighted by atomic mass is 127. The molecule has 202 valence electrons. The fourth-order valence-corrected chi connectivity index (χ4v) is 3.69. The van der Waals surface area contributed by atoms with E-state index < -0.39 is 34.0 Å². The summed E-state index contributed by atoms with van der Waals surface area (Å²) < 4.78 is 58.7. The van der Waals surface area contributed by atoms with Gasteiger partial charge in [-0.15, -0.1) is 0 Å². The number of carbonyl (C=O) groups excluding carboxylic acids is 1. The molecule has 10 nitrogen and oxygen atoms in total. The maximum Gasteiger partial charge on any atom is 0.278 e. The van der Waals surface area contributed by atoms with Crippen molar-refractivity contribution in [2.75, 3.05) is 32.8 Å². The number of hydrogen-bond acceptors (Lipinski definition) is 8. The molecule has 0 heterocycles. The van der Waals surface area contributed by atoms with Crippen LogP contribution in [-0.4, -0.2) is 38.3 Å². The second-order valence-corrected chi connectivity index (χ2v) is 8.70. The number of anilines is 2. The van der Waals surface area contributed by atoms with Crippen LogP contribution in [0.3, 0.4) is 0 Å². The lowest BCUT2D eigenvalue weighted by Gasteiger charge is -2.14. The highest BCUT2D eigenvalue weighted by Gasteiger charge is 2.21. The predicted octanol–water partition coefficient (Wildman–Crippen LogP) is 5.26. The number of rotatable bonds is 12. The van der Waals surface area contributed by atoms with E-state index in [0.29, 0.717) is 3.57 Å². The summed E-state index contributed by atoms with van der Waals surface area (Å²) in [5, 5.41) is 13.8. The van der Waals surface area contributed by atoms with Crippen molar-refractivity contribution >= 4 is 45.6 Å². The molecule has 0 aliphatic heterocycles. The molecule has 14 heteroatoms. The standard InChI is InChI=1S/C24H21F3IN3O7/c1-35-20-9-13(19(31(33)34)11-21(20)36-2)12-37-7-8-38-30-24(32)15-4-5-16(25)22(27)23(15)29-18-6-3-14(28)10-17(18)26/h3-6,9-11,29H,7-8,12H2,1-2H3,(H,30,32). The van der Waals surface area contributed by atoms with Crippen LogP contribution >= 0.6 is 22.6 Å². The molecule has 2 N–H and O–H groups in total. The lowest BCUT2D eigenvalue weighted by Crippen LogP contribution is -2.26. The van der Waals surface area contributed by atoms with Gasteiger partial charge in [-0.1, -0.05) is 0 Å². The molecular weight excluding hydrogens is 626 g/mol. The first kappa shape index (κ1) is 28.9. The first-order valence-corrected chi connectivity index (χ1v) is 11.8. The normalized spacial score (nSPS) is 10.7. The first-order chi connectivity index (χ1) is 18.2. The number of hydroxylamine groups is 1. The number of benzene rings is 3. The molecule has 0 spiro atoms. The SMILES string of the molecule is COc1cc(COCCONC(=O)c2ccc(F)c(F)c2Nc2ccc(I)cc2F)c([N+](=O)[O-])cc1OC. The maximum absolute atomic E-state index is 14.5. The average Bonchev–Trinajstić information content (AvgIpc) is 2.89. The Kier molecular flexibility index (Phi) is 10.1. The molecule has 3 aromatic rings. The third-order valence-electron chi connectivity index (χ3n) is 5.06.